The van der Waals surface area contributed by atoms with Crippen molar-refractivity contribution in [3.63, 3.8) is 0 Å². The average Bonchev–Trinajstić information content (AvgIpc) is 2.81. The molecule has 1 aliphatic rings. The molecule has 12 heteroatoms. The summed E-state index contributed by atoms with van der Waals surface area (Å²) in [6.45, 7) is 0.594. The first kappa shape index (κ1) is 28.5. The van der Waals surface area contributed by atoms with Gasteiger partial charge in [-0.05, 0) is 24.6 Å². The van der Waals surface area contributed by atoms with E-state index < -0.39 is 67.7 Å². The minimum Gasteiger partial charge on any atom is -0.493 e. The molecule has 0 amide bonds. The Balaban J connectivity index is 2.05. The summed E-state index contributed by atoms with van der Waals surface area (Å²) in [5.41, 5.74) is -1.01. The van der Waals surface area contributed by atoms with E-state index in [9.17, 15) is 30.0 Å². The summed E-state index contributed by atoms with van der Waals surface area (Å²) < 4.78 is 26.0. The standard InChI is InChI=1S/C23H32O12/c1-23(30,10-17(25)32-3)11-18(26)33-12-16-19(27)20(28)21(29)22(35-16)34-14-7-6-13(5-4-8-24)9-15(14)31-2/h4-7,9,16,19-22,24,27-30H,8,10-12H2,1-3H3/b5-4+/t16-,19-,20+,21-,22-,23?/m1/s1. The van der Waals surface area contributed by atoms with Crippen LogP contribution in [0.4, 0.5) is 0 Å². The van der Waals surface area contributed by atoms with Crippen LogP contribution in [0.25, 0.3) is 6.08 Å². The molecule has 2 rings (SSSR count). The molecule has 0 aliphatic carbocycles. The van der Waals surface area contributed by atoms with E-state index >= 15 is 0 Å². The predicted molar refractivity (Wildman–Crippen MR) is 119 cm³/mol. The van der Waals surface area contributed by atoms with Gasteiger partial charge in [0.2, 0.25) is 6.29 Å². The molecule has 0 saturated carbocycles. The molecule has 1 fully saturated rings. The Kier molecular flexibility index (Phi) is 10.4. The van der Waals surface area contributed by atoms with Gasteiger partial charge in [0.15, 0.2) is 11.5 Å². The van der Waals surface area contributed by atoms with Crippen LogP contribution >= 0.6 is 0 Å². The van der Waals surface area contributed by atoms with Crippen LogP contribution in [0, 0.1) is 0 Å². The number of benzene rings is 1. The third kappa shape index (κ3) is 8.16. The molecule has 196 valence electrons. The molecule has 1 aromatic rings. The highest BCUT2D eigenvalue weighted by molar-refractivity contribution is 5.74. The van der Waals surface area contributed by atoms with E-state index in [0.29, 0.717) is 5.56 Å². The molecule has 5 N–H and O–H groups in total. The number of carbonyl (C=O) groups excluding carboxylic acids is 2. The highest BCUT2D eigenvalue weighted by Crippen LogP contribution is 2.32. The number of hydrogen-bond acceptors (Lipinski definition) is 12. The van der Waals surface area contributed by atoms with Crippen molar-refractivity contribution in [2.24, 2.45) is 0 Å². The Morgan fingerprint density at radius 2 is 1.74 bits per heavy atom. The lowest BCUT2D eigenvalue weighted by Gasteiger charge is -2.40. The van der Waals surface area contributed by atoms with Crippen LogP contribution in [0.1, 0.15) is 25.3 Å². The van der Waals surface area contributed by atoms with Gasteiger partial charge >= 0.3 is 11.9 Å². The molecule has 35 heavy (non-hydrogen) atoms. The number of ether oxygens (including phenoxy) is 5. The second-order valence-corrected chi connectivity index (χ2v) is 8.24. The first-order valence-electron chi connectivity index (χ1n) is 10.8. The molecule has 0 radical (unpaired) electrons. The Labute approximate surface area is 202 Å². The van der Waals surface area contributed by atoms with Gasteiger partial charge in [-0.15, -0.1) is 0 Å². The van der Waals surface area contributed by atoms with E-state index in [-0.39, 0.29) is 18.1 Å². The fourth-order valence-electron chi connectivity index (χ4n) is 3.33. The van der Waals surface area contributed by atoms with Crippen LogP contribution in [0.15, 0.2) is 24.3 Å². The summed E-state index contributed by atoms with van der Waals surface area (Å²) in [7, 11) is 2.55. The van der Waals surface area contributed by atoms with Gasteiger partial charge in [-0.25, -0.2) is 0 Å². The third-order valence-corrected chi connectivity index (χ3v) is 5.20. The zero-order valence-corrected chi connectivity index (χ0v) is 19.7. The van der Waals surface area contributed by atoms with Crippen molar-refractivity contribution in [1.29, 1.82) is 0 Å². The van der Waals surface area contributed by atoms with E-state index in [2.05, 4.69) is 4.74 Å². The van der Waals surface area contributed by atoms with Gasteiger partial charge in [0.1, 0.15) is 31.0 Å². The Bertz CT molecular complexity index is 883. The molecular formula is C23H32O12. The van der Waals surface area contributed by atoms with E-state index in [4.69, 9.17) is 24.1 Å². The fourth-order valence-corrected chi connectivity index (χ4v) is 3.33. The minimum atomic E-state index is -1.72. The van der Waals surface area contributed by atoms with Crippen LogP contribution in [-0.4, -0.2) is 101 Å². The molecule has 0 bridgehead atoms. The lowest BCUT2D eigenvalue weighted by molar-refractivity contribution is -0.278. The summed E-state index contributed by atoms with van der Waals surface area (Å²) >= 11 is 0. The van der Waals surface area contributed by atoms with Crippen molar-refractivity contribution in [1.82, 2.24) is 0 Å². The molecule has 0 aromatic heterocycles. The Morgan fingerprint density at radius 1 is 1.06 bits per heavy atom. The average molecular weight is 500 g/mol. The number of methoxy groups -OCH3 is 2. The second-order valence-electron chi connectivity index (χ2n) is 8.24. The van der Waals surface area contributed by atoms with Gasteiger partial charge < -0.3 is 49.2 Å². The normalized spacial score (nSPS) is 26.1. The number of hydrogen-bond donors (Lipinski definition) is 5. The van der Waals surface area contributed by atoms with Crippen LogP contribution < -0.4 is 9.47 Å². The third-order valence-electron chi connectivity index (χ3n) is 5.20. The molecule has 1 heterocycles. The number of aliphatic hydroxyl groups excluding tert-OH is 4. The molecule has 0 spiro atoms. The molecule has 1 saturated heterocycles. The Hall–Kier alpha value is -2.74. The number of esters is 2. The van der Waals surface area contributed by atoms with E-state index in [0.717, 1.165) is 7.11 Å². The zero-order valence-electron chi connectivity index (χ0n) is 19.7. The maximum Gasteiger partial charge on any atom is 0.308 e. The maximum absolute atomic E-state index is 12.1. The van der Waals surface area contributed by atoms with Crippen molar-refractivity contribution in [2.75, 3.05) is 27.4 Å². The molecule has 1 aromatic carbocycles. The van der Waals surface area contributed by atoms with Crippen LogP contribution in [0.3, 0.4) is 0 Å². The van der Waals surface area contributed by atoms with Gasteiger partial charge in [0.25, 0.3) is 0 Å². The monoisotopic (exact) mass is 500 g/mol. The minimum absolute atomic E-state index is 0.141. The number of carbonyl (C=O) groups is 2. The van der Waals surface area contributed by atoms with Crippen molar-refractivity contribution < 1.29 is 58.8 Å². The van der Waals surface area contributed by atoms with Crippen LogP contribution in [0.5, 0.6) is 11.5 Å². The van der Waals surface area contributed by atoms with Gasteiger partial charge in [-0.3, -0.25) is 9.59 Å². The lowest BCUT2D eigenvalue weighted by Crippen LogP contribution is -2.60. The molecule has 1 unspecified atom stereocenters. The topological polar surface area (TPSA) is 181 Å². The van der Waals surface area contributed by atoms with Crippen molar-refractivity contribution in [3.05, 3.63) is 29.8 Å². The van der Waals surface area contributed by atoms with E-state index in [1.165, 1.54) is 26.2 Å². The maximum atomic E-state index is 12.1. The van der Waals surface area contributed by atoms with Gasteiger partial charge in [0.05, 0.1) is 39.3 Å². The largest absolute Gasteiger partial charge is 0.493 e. The SMILES string of the molecule is COC(=O)CC(C)(O)CC(=O)OC[C@H]1O[C@@H](Oc2ccc(/C=C/CO)cc2OC)[C@H](O)[C@@H](O)[C@@H]1O. The molecule has 1 aliphatic heterocycles. The van der Waals surface area contributed by atoms with E-state index in [1.54, 1.807) is 18.2 Å². The van der Waals surface area contributed by atoms with Crippen molar-refractivity contribution in [2.45, 2.75) is 56.1 Å². The van der Waals surface area contributed by atoms with Crippen molar-refractivity contribution in [3.8, 4) is 11.5 Å². The summed E-state index contributed by atoms with van der Waals surface area (Å²) in [4.78, 5) is 23.5. The quantitative estimate of drug-likeness (QED) is 0.237. The Morgan fingerprint density at radius 3 is 2.37 bits per heavy atom. The molecular weight excluding hydrogens is 468 g/mol. The summed E-state index contributed by atoms with van der Waals surface area (Å²) in [6, 6.07) is 4.80. The first-order chi connectivity index (χ1) is 16.5. The lowest BCUT2D eigenvalue weighted by atomic mass is 9.98. The first-order valence-corrected chi connectivity index (χ1v) is 10.8. The van der Waals surface area contributed by atoms with E-state index in [1.807, 2.05) is 0 Å². The van der Waals surface area contributed by atoms with Gasteiger partial charge in [-0.1, -0.05) is 18.2 Å². The van der Waals surface area contributed by atoms with Gasteiger partial charge in [-0.2, -0.15) is 0 Å². The highest BCUT2D eigenvalue weighted by Gasteiger charge is 2.46. The summed E-state index contributed by atoms with van der Waals surface area (Å²) in [5, 5.41) is 49.9. The molecule has 6 atom stereocenters. The predicted octanol–water partition coefficient (Wildman–Crippen LogP) is -0.865. The summed E-state index contributed by atoms with van der Waals surface area (Å²) in [5.74, 6) is -1.16. The highest BCUT2D eigenvalue weighted by atomic mass is 16.7. The number of aliphatic hydroxyl groups is 5. The van der Waals surface area contributed by atoms with Crippen LogP contribution in [0.2, 0.25) is 0 Å². The smallest absolute Gasteiger partial charge is 0.308 e. The zero-order chi connectivity index (χ0) is 26.2. The fraction of sp³-hybridized carbons (Fsp3) is 0.565. The van der Waals surface area contributed by atoms with Crippen molar-refractivity contribution >= 4 is 18.0 Å². The molecule has 12 nitrogen and oxygen atoms in total. The van der Waals surface area contributed by atoms with Crippen LogP contribution in [-0.2, 0) is 23.8 Å². The second kappa shape index (κ2) is 12.8. The van der Waals surface area contributed by atoms with Gasteiger partial charge in [0, 0.05) is 0 Å². The number of rotatable bonds is 11. The summed E-state index contributed by atoms with van der Waals surface area (Å²) in [6.07, 6.45) is -5.44.